The molecule has 0 bridgehead atoms. The number of hydrogen-bond donors (Lipinski definition) is 1. The molecule has 0 aliphatic carbocycles. The van der Waals surface area contributed by atoms with Crippen LogP contribution in [-0.2, 0) is 4.79 Å². The number of carbonyl (C=O) groups is 1. The van der Waals surface area contributed by atoms with E-state index in [0.29, 0.717) is 48.4 Å². The molecule has 5 nitrogen and oxygen atoms in total. The van der Waals surface area contributed by atoms with Gasteiger partial charge in [0.05, 0.1) is 15.8 Å². The van der Waals surface area contributed by atoms with Crippen molar-refractivity contribution >= 4 is 68.3 Å². The Labute approximate surface area is 186 Å². The summed E-state index contributed by atoms with van der Waals surface area (Å²) in [6.07, 6.45) is 0. The molecule has 4 rings (SSSR count). The largest absolute Gasteiger partial charge is 0.482 e. The van der Waals surface area contributed by atoms with E-state index in [1.54, 1.807) is 42.5 Å². The van der Waals surface area contributed by atoms with Crippen molar-refractivity contribution in [2.45, 2.75) is 6.92 Å². The summed E-state index contributed by atoms with van der Waals surface area (Å²) in [5.74, 6) is -0.0487. The van der Waals surface area contributed by atoms with Crippen LogP contribution in [0.1, 0.15) is 5.56 Å². The number of aryl methyl sites for hydroxylation is 1. The molecule has 0 aliphatic heterocycles. The number of benzene rings is 3. The first-order chi connectivity index (χ1) is 14.3. The van der Waals surface area contributed by atoms with Crippen molar-refractivity contribution in [3.05, 3.63) is 79.4 Å². The molecule has 0 spiro atoms. The molecule has 0 atom stereocenters. The summed E-state index contributed by atoms with van der Waals surface area (Å²) in [7, 11) is 0. The van der Waals surface area contributed by atoms with E-state index in [4.69, 9.17) is 44.0 Å². The summed E-state index contributed by atoms with van der Waals surface area (Å²) in [5.41, 5.74) is 1.86. The number of anilines is 1. The van der Waals surface area contributed by atoms with Gasteiger partial charge in [-0.05, 0) is 55.0 Å². The maximum Gasteiger partial charge on any atom is 0.262 e. The fourth-order valence-corrected chi connectivity index (χ4v) is 3.61. The van der Waals surface area contributed by atoms with Crippen molar-refractivity contribution in [2.24, 2.45) is 0 Å². The number of rotatable bonds is 4. The van der Waals surface area contributed by atoms with Gasteiger partial charge in [0, 0.05) is 21.8 Å². The predicted octanol–water partition coefficient (Wildman–Crippen LogP) is 6.23. The minimum atomic E-state index is -0.397. The average Bonchev–Trinajstić information content (AvgIpc) is 2.69. The SMILES string of the molecule is Cc1cc2oc3cc(NC(=O)COc4ccc(Cl)cc4Cl)ccc3c(=O)c2cc1Cl. The van der Waals surface area contributed by atoms with Crippen LogP contribution in [0.25, 0.3) is 21.9 Å². The summed E-state index contributed by atoms with van der Waals surface area (Å²) >= 11 is 18.0. The van der Waals surface area contributed by atoms with Crippen LogP contribution in [0.5, 0.6) is 5.75 Å². The van der Waals surface area contributed by atoms with Crippen LogP contribution in [-0.4, -0.2) is 12.5 Å². The van der Waals surface area contributed by atoms with Gasteiger partial charge in [-0.15, -0.1) is 0 Å². The Morgan fingerprint density at radius 2 is 1.73 bits per heavy atom. The third kappa shape index (κ3) is 4.10. The summed E-state index contributed by atoms with van der Waals surface area (Å²) in [6, 6.07) is 12.9. The maximum atomic E-state index is 12.8. The molecule has 0 saturated carbocycles. The van der Waals surface area contributed by atoms with Crippen molar-refractivity contribution < 1.29 is 13.9 Å². The van der Waals surface area contributed by atoms with Crippen molar-refractivity contribution in [2.75, 3.05) is 11.9 Å². The van der Waals surface area contributed by atoms with Crippen LogP contribution in [0, 0.1) is 6.92 Å². The highest BCUT2D eigenvalue weighted by Crippen LogP contribution is 2.28. The quantitative estimate of drug-likeness (QED) is 0.365. The van der Waals surface area contributed by atoms with Crippen molar-refractivity contribution in [1.82, 2.24) is 0 Å². The first-order valence-electron chi connectivity index (χ1n) is 8.86. The van der Waals surface area contributed by atoms with E-state index in [9.17, 15) is 9.59 Å². The third-order valence-electron chi connectivity index (χ3n) is 4.49. The van der Waals surface area contributed by atoms with E-state index in [0.717, 1.165) is 5.56 Å². The van der Waals surface area contributed by atoms with E-state index in [1.807, 2.05) is 6.92 Å². The van der Waals surface area contributed by atoms with Gasteiger partial charge in [0.25, 0.3) is 5.91 Å². The molecule has 1 amide bonds. The molecule has 1 aromatic heterocycles. The Morgan fingerprint density at radius 1 is 0.967 bits per heavy atom. The number of halogens is 3. The number of nitrogens with one attached hydrogen (secondary N) is 1. The molecule has 1 N–H and O–H groups in total. The van der Waals surface area contributed by atoms with Gasteiger partial charge in [-0.1, -0.05) is 34.8 Å². The second-order valence-corrected chi connectivity index (χ2v) is 7.90. The Balaban J connectivity index is 1.57. The van der Waals surface area contributed by atoms with Gasteiger partial charge < -0.3 is 14.5 Å². The van der Waals surface area contributed by atoms with Gasteiger partial charge in [-0.2, -0.15) is 0 Å². The Morgan fingerprint density at radius 3 is 2.50 bits per heavy atom. The van der Waals surface area contributed by atoms with Crippen LogP contribution < -0.4 is 15.5 Å². The number of amides is 1. The Bertz CT molecular complexity index is 1360. The van der Waals surface area contributed by atoms with Crippen LogP contribution in [0.2, 0.25) is 15.1 Å². The minimum absolute atomic E-state index is 0.188. The van der Waals surface area contributed by atoms with Crippen LogP contribution in [0.15, 0.2) is 57.7 Å². The molecule has 0 radical (unpaired) electrons. The molecule has 152 valence electrons. The summed E-state index contributed by atoms with van der Waals surface area (Å²) in [5, 5.41) is 4.79. The lowest BCUT2D eigenvalue weighted by atomic mass is 10.1. The minimum Gasteiger partial charge on any atom is -0.482 e. The molecular weight excluding hydrogens is 449 g/mol. The zero-order valence-corrected chi connectivity index (χ0v) is 17.9. The average molecular weight is 463 g/mol. The van der Waals surface area contributed by atoms with E-state index in [-0.39, 0.29) is 12.0 Å². The van der Waals surface area contributed by atoms with E-state index in [1.165, 1.54) is 6.07 Å². The standard InChI is InChI=1S/C22H14Cl3NO4/c1-11-6-19-15(9-16(11)24)22(28)14-4-3-13(8-20(14)30-19)26-21(27)10-29-18-5-2-12(23)7-17(18)25/h2-9H,10H2,1H3,(H,26,27). The maximum absolute atomic E-state index is 12.8. The number of fused-ring (bicyclic) bond motifs is 2. The first-order valence-corrected chi connectivity index (χ1v) is 9.99. The van der Waals surface area contributed by atoms with E-state index in [2.05, 4.69) is 5.32 Å². The van der Waals surface area contributed by atoms with Crippen LogP contribution in [0.4, 0.5) is 5.69 Å². The van der Waals surface area contributed by atoms with Gasteiger partial charge >= 0.3 is 0 Å². The molecule has 0 unspecified atom stereocenters. The smallest absolute Gasteiger partial charge is 0.262 e. The lowest BCUT2D eigenvalue weighted by Gasteiger charge is -2.10. The van der Waals surface area contributed by atoms with Gasteiger partial charge in [0.2, 0.25) is 5.43 Å². The third-order valence-corrected chi connectivity index (χ3v) is 5.43. The highest BCUT2D eigenvalue weighted by atomic mass is 35.5. The molecule has 4 aromatic rings. The highest BCUT2D eigenvalue weighted by Gasteiger charge is 2.12. The van der Waals surface area contributed by atoms with Crippen LogP contribution >= 0.6 is 34.8 Å². The highest BCUT2D eigenvalue weighted by molar-refractivity contribution is 6.35. The Kier molecular flexibility index (Phi) is 5.60. The summed E-state index contributed by atoms with van der Waals surface area (Å²) in [6.45, 7) is 1.58. The molecule has 3 aromatic carbocycles. The summed E-state index contributed by atoms with van der Waals surface area (Å²) in [4.78, 5) is 25.0. The second-order valence-electron chi connectivity index (χ2n) is 6.65. The number of ether oxygens (including phenoxy) is 1. The lowest BCUT2D eigenvalue weighted by Crippen LogP contribution is -2.20. The molecule has 0 aliphatic rings. The fourth-order valence-electron chi connectivity index (χ4n) is 2.99. The monoisotopic (exact) mass is 461 g/mol. The molecule has 0 fully saturated rings. The number of hydrogen-bond acceptors (Lipinski definition) is 4. The molecule has 0 saturated heterocycles. The number of carbonyl (C=O) groups excluding carboxylic acids is 1. The molecule has 30 heavy (non-hydrogen) atoms. The lowest BCUT2D eigenvalue weighted by molar-refractivity contribution is -0.118. The first kappa shape index (κ1) is 20.5. The zero-order valence-electron chi connectivity index (χ0n) is 15.6. The van der Waals surface area contributed by atoms with Crippen molar-refractivity contribution in [3.63, 3.8) is 0 Å². The Hall–Kier alpha value is -2.73. The second kappa shape index (κ2) is 8.19. The van der Waals surface area contributed by atoms with Gasteiger partial charge in [0.1, 0.15) is 16.9 Å². The van der Waals surface area contributed by atoms with Gasteiger partial charge in [0.15, 0.2) is 6.61 Å². The van der Waals surface area contributed by atoms with E-state index < -0.39 is 5.91 Å². The van der Waals surface area contributed by atoms with Gasteiger partial charge in [-0.25, -0.2) is 0 Å². The summed E-state index contributed by atoms with van der Waals surface area (Å²) < 4.78 is 11.3. The molecular formula is C22H14Cl3NO4. The normalized spacial score (nSPS) is 11.1. The van der Waals surface area contributed by atoms with Crippen LogP contribution in [0.3, 0.4) is 0 Å². The molecule has 1 heterocycles. The predicted molar refractivity (Wildman–Crippen MR) is 120 cm³/mol. The fraction of sp³-hybridized carbons (Fsp3) is 0.0909. The van der Waals surface area contributed by atoms with Gasteiger partial charge in [-0.3, -0.25) is 9.59 Å². The molecule has 8 heteroatoms. The van der Waals surface area contributed by atoms with Crippen molar-refractivity contribution in [1.29, 1.82) is 0 Å². The topological polar surface area (TPSA) is 68.5 Å². The zero-order chi connectivity index (χ0) is 21.4. The van der Waals surface area contributed by atoms with E-state index >= 15 is 0 Å². The van der Waals surface area contributed by atoms with Crippen molar-refractivity contribution in [3.8, 4) is 5.75 Å².